The molecule has 0 radical (unpaired) electrons. The van der Waals surface area contributed by atoms with Crippen LogP contribution in [0, 0.1) is 0 Å². The zero-order valence-corrected chi connectivity index (χ0v) is 8.76. The lowest BCUT2D eigenvalue weighted by molar-refractivity contribution is 0.768. The van der Waals surface area contributed by atoms with Crippen LogP contribution in [0.25, 0.3) is 11.3 Å². The van der Waals surface area contributed by atoms with E-state index in [9.17, 15) is 0 Å². The summed E-state index contributed by atoms with van der Waals surface area (Å²) < 4.78 is 2.67. The minimum atomic E-state index is 0.904. The smallest absolute Gasteiger partial charge is 0.159 e. The van der Waals surface area contributed by atoms with Gasteiger partial charge in [-0.05, 0) is 15.9 Å². The summed E-state index contributed by atoms with van der Waals surface area (Å²) in [6, 6.07) is 0. The first-order valence-electron chi connectivity index (χ1n) is 3.36. The summed E-state index contributed by atoms with van der Waals surface area (Å²) in [5.74, 6) is 0. The van der Waals surface area contributed by atoms with E-state index in [1.165, 1.54) is 0 Å². The molecule has 2 rings (SSSR count). The van der Waals surface area contributed by atoms with E-state index in [-0.39, 0.29) is 0 Å². The normalized spacial score (nSPS) is 10.5. The Kier molecular flexibility index (Phi) is 1.98. The third-order valence-corrected chi connectivity index (χ3v) is 2.84. The molecule has 0 aliphatic rings. The monoisotopic (exact) mass is 243 g/mol. The summed E-state index contributed by atoms with van der Waals surface area (Å²) in [5, 5.41) is 6.07. The average molecular weight is 244 g/mol. The second kappa shape index (κ2) is 2.99. The lowest BCUT2D eigenvalue weighted by Crippen LogP contribution is -1.84. The van der Waals surface area contributed by atoms with Crippen molar-refractivity contribution >= 4 is 27.3 Å². The highest BCUT2D eigenvalue weighted by atomic mass is 79.9. The molecule has 0 aromatic carbocycles. The van der Waals surface area contributed by atoms with Gasteiger partial charge in [-0.3, -0.25) is 4.68 Å². The highest BCUT2D eigenvalue weighted by Gasteiger charge is 2.03. The van der Waals surface area contributed by atoms with Crippen LogP contribution in [0.5, 0.6) is 0 Å². The predicted octanol–water partition coefficient (Wildman–Crippen LogP) is 2.31. The Hall–Kier alpha value is -0.680. The van der Waals surface area contributed by atoms with Crippen molar-refractivity contribution in [2.45, 2.75) is 0 Å². The van der Waals surface area contributed by atoms with Crippen LogP contribution in [0.2, 0.25) is 0 Å². The molecule has 2 heterocycles. The number of aromatic nitrogens is 3. The van der Waals surface area contributed by atoms with Crippen LogP contribution in [0.3, 0.4) is 0 Å². The molecule has 2 aromatic heterocycles. The van der Waals surface area contributed by atoms with Gasteiger partial charge in [-0.2, -0.15) is 5.10 Å². The lowest BCUT2D eigenvalue weighted by Gasteiger charge is -1.85. The van der Waals surface area contributed by atoms with Crippen molar-refractivity contribution in [3.63, 3.8) is 0 Å². The van der Waals surface area contributed by atoms with Crippen molar-refractivity contribution in [1.29, 1.82) is 0 Å². The second-order valence-corrected chi connectivity index (χ2v) is 4.52. The lowest BCUT2D eigenvalue weighted by atomic mass is 10.3. The number of halogens is 1. The highest BCUT2D eigenvalue weighted by molar-refractivity contribution is 9.11. The van der Waals surface area contributed by atoms with Gasteiger partial charge in [0.15, 0.2) is 3.92 Å². The number of aryl methyl sites for hydroxylation is 1. The maximum Gasteiger partial charge on any atom is 0.159 e. The Morgan fingerprint density at radius 3 is 2.92 bits per heavy atom. The molecule has 0 saturated heterocycles. The van der Waals surface area contributed by atoms with Crippen LogP contribution >= 0.6 is 27.3 Å². The molecule has 0 spiro atoms. The summed E-state index contributed by atoms with van der Waals surface area (Å²) in [6.45, 7) is 0. The van der Waals surface area contributed by atoms with Crippen LogP contribution in [-0.2, 0) is 7.05 Å². The van der Waals surface area contributed by atoms with E-state index in [0.29, 0.717) is 0 Å². The van der Waals surface area contributed by atoms with E-state index < -0.39 is 0 Å². The number of hydrogen-bond donors (Lipinski definition) is 0. The van der Waals surface area contributed by atoms with Gasteiger partial charge in [0.2, 0.25) is 0 Å². The fraction of sp³-hybridized carbons (Fsp3) is 0.143. The van der Waals surface area contributed by atoms with E-state index in [2.05, 4.69) is 26.0 Å². The largest absolute Gasteiger partial charge is 0.275 e. The Morgan fingerprint density at radius 2 is 2.42 bits per heavy atom. The molecular weight excluding hydrogens is 238 g/mol. The second-order valence-electron chi connectivity index (χ2n) is 2.39. The Morgan fingerprint density at radius 1 is 1.58 bits per heavy atom. The first-order chi connectivity index (χ1) is 5.75. The van der Waals surface area contributed by atoms with Crippen molar-refractivity contribution in [1.82, 2.24) is 14.8 Å². The zero-order chi connectivity index (χ0) is 8.55. The zero-order valence-electron chi connectivity index (χ0n) is 6.36. The maximum atomic E-state index is 4.28. The number of rotatable bonds is 1. The molecule has 12 heavy (non-hydrogen) atoms. The predicted molar refractivity (Wildman–Crippen MR) is 52.0 cm³/mol. The van der Waals surface area contributed by atoms with Crippen molar-refractivity contribution in [2.24, 2.45) is 7.05 Å². The third-order valence-electron chi connectivity index (χ3n) is 1.48. The van der Waals surface area contributed by atoms with Gasteiger partial charge in [-0.1, -0.05) is 0 Å². The molecule has 62 valence electrons. The molecule has 0 bridgehead atoms. The van der Waals surface area contributed by atoms with Gasteiger partial charge < -0.3 is 0 Å². The molecule has 0 amide bonds. The Balaban J connectivity index is 2.43. The van der Waals surface area contributed by atoms with Gasteiger partial charge in [-0.25, -0.2) is 4.98 Å². The Bertz CT molecular complexity index is 355. The quantitative estimate of drug-likeness (QED) is 0.770. The molecule has 5 heteroatoms. The minimum absolute atomic E-state index is 0.904. The summed E-state index contributed by atoms with van der Waals surface area (Å²) in [5.41, 5.74) is 2.03. The van der Waals surface area contributed by atoms with Crippen molar-refractivity contribution in [2.75, 3.05) is 0 Å². The molecule has 0 fully saturated rings. The minimum Gasteiger partial charge on any atom is -0.275 e. The molecule has 0 aliphatic carbocycles. The van der Waals surface area contributed by atoms with Crippen LogP contribution < -0.4 is 0 Å². The molecule has 0 atom stereocenters. The van der Waals surface area contributed by atoms with Gasteiger partial charge in [0.1, 0.15) is 0 Å². The fourth-order valence-electron chi connectivity index (χ4n) is 0.938. The molecule has 0 saturated carbocycles. The van der Waals surface area contributed by atoms with E-state index in [1.54, 1.807) is 16.0 Å². The van der Waals surface area contributed by atoms with Gasteiger partial charge in [0, 0.05) is 24.2 Å². The Labute approximate surface area is 82.2 Å². The van der Waals surface area contributed by atoms with Gasteiger partial charge in [-0.15, -0.1) is 11.3 Å². The molecule has 0 aliphatic heterocycles. The van der Waals surface area contributed by atoms with E-state index >= 15 is 0 Å². The van der Waals surface area contributed by atoms with Gasteiger partial charge in [0.05, 0.1) is 11.9 Å². The van der Waals surface area contributed by atoms with Crippen LogP contribution in [0.4, 0.5) is 0 Å². The molecule has 3 nitrogen and oxygen atoms in total. The van der Waals surface area contributed by atoms with Crippen molar-refractivity contribution < 1.29 is 0 Å². The van der Waals surface area contributed by atoms with E-state index in [0.717, 1.165) is 15.2 Å². The molecule has 0 unspecified atom stereocenters. The topological polar surface area (TPSA) is 30.7 Å². The maximum absolute atomic E-state index is 4.28. The van der Waals surface area contributed by atoms with Crippen molar-refractivity contribution in [3.05, 3.63) is 21.7 Å². The third kappa shape index (κ3) is 1.42. The summed E-state index contributed by atoms with van der Waals surface area (Å²) in [4.78, 5) is 4.28. The molecule has 0 N–H and O–H groups in total. The summed E-state index contributed by atoms with van der Waals surface area (Å²) in [7, 11) is 1.89. The number of nitrogens with zero attached hydrogens (tertiary/aromatic N) is 3. The van der Waals surface area contributed by atoms with Gasteiger partial charge >= 0.3 is 0 Å². The van der Waals surface area contributed by atoms with E-state index in [1.807, 2.05) is 24.8 Å². The standard InChI is InChI=1S/C7H6BrN3S/c1-11-3-5(2-9-11)6-4-12-7(8)10-6/h2-4H,1H3. The fourth-order valence-corrected chi connectivity index (χ4v) is 1.96. The van der Waals surface area contributed by atoms with Crippen molar-refractivity contribution in [3.8, 4) is 11.3 Å². The van der Waals surface area contributed by atoms with Crippen LogP contribution in [0.15, 0.2) is 21.7 Å². The number of hydrogen-bond acceptors (Lipinski definition) is 3. The SMILES string of the molecule is Cn1cc(-c2csc(Br)n2)cn1. The first kappa shape index (κ1) is 7.94. The van der Waals surface area contributed by atoms with Crippen LogP contribution in [0.1, 0.15) is 0 Å². The van der Waals surface area contributed by atoms with E-state index in [4.69, 9.17) is 0 Å². The first-order valence-corrected chi connectivity index (χ1v) is 5.03. The number of thiazole rings is 1. The average Bonchev–Trinajstić information content (AvgIpc) is 2.58. The highest BCUT2D eigenvalue weighted by Crippen LogP contribution is 2.23. The molecule has 2 aromatic rings. The summed E-state index contributed by atoms with van der Waals surface area (Å²) in [6.07, 6.45) is 3.75. The molecular formula is C7H6BrN3S. The van der Waals surface area contributed by atoms with Crippen LogP contribution in [-0.4, -0.2) is 14.8 Å². The summed E-state index contributed by atoms with van der Waals surface area (Å²) >= 11 is 4.89. The van der Waals surface area contributed by atoms with Gasteiger partial charge in [0.25, 0.3) is 0 Å².